The highest BCUT2D eigenvalue weighted by Crippen LogP contribution is 2.30. The van der Waals surface area contributed by atoms with Crippen LogP contribution in [0.3, 0.4) is 0 Å². The van der Waals surface area contributed by atoms with Gasteiger partial charge in [-0.2, -0.15) is 0 Å². The third kappa shape index (κ3) is 3.52. The summed E-state index contributed by atoms with van der Waals surface area (Å²) in [5.74, 6) is 0. The number of nitrogens with one attached hydrogen (secondary N) is 1. The molecule has 0 fully saturated rings. The van der Waals surface area contributed by atoms with Crippen LogP contribution in [0, 0.1) is 0 Å². The number of para-hydroxylation sites is 2. The van der Waals surface area contributed by atoms with Crippen LogP contribution in [0.1, 0.15) is 5.56 Å². The number of hydrogen-bond donors (Lipinski definition) is 3. The summed E-state index contributed by atoms with van der Waals surface area (Å²) in [7, 11) is -2.25. The predicted molar refractivity (Wildman–Crippen MR) is 82.7 cm³/mol. The highest BCUT2D eigenvalue weighted by atomic mass is 32.2. The number of ether oxygens (including phenoxy) is 1. The van der Waals surface area contributed by atoms with Crippen molar-refractivity contribution in [2.45, 2.75) is 11.5 Å². The Hall–Kier alpha value is -2.09. The minimum absolute atomic E-state index is 0.0900. The van der Waals surface area contributed by atoms with Crippen molar-refractivity contribution in [3.8, 4) is 0 Å². The molecule has 0 saturated heterocycles. The van der Waals surface area contributed by atoms with Crippen molar-refractivity contribution in [1.82, 2.24) is 0 Å². The van der Waals surface area contributed by atoms with Gasteiger partial charge in [-0.25, -0.2) is 13.6 Å². The minimum atomic E-state index is -3.86. The Kier molecular flexibility index (Phi) is 4.46. The van der Waals surface area contributed by atoms with Crippen LogP contribution in [0.5, 0.6) is 0 Å². The summed E-state index contributed by atoms with van der Waals surface area (Å²) in [5, 5.41) is 8.26. The Morgan fingerprint density at radius 2 is 1.76 bits per heavy atom. The monoisotopic (exact) mass is 307 g/mol. The molecule has 0 atom stereocenters. The molecule has 2 aromatic carbocycles. The number of nitrogens with two attached hydrogens (primary N) is 2. The van der Waals surface area contributed by atoms with Crippen LogP contribution in [0.25, 0.3) is 0 Å². The number of rotatable bonds is 5. The van der Waals surface area contributed by atoms with Gasteiger partial charge in [0.25, 0.3) is 0 Å². The zero-order chi connectivity index (χ0) is 15.5. The second-order valence-electron chi connectivity index (χ2n) is 4.48. The van der Waals surface area contributed by atoms with E-state index in [4.69, 9.17) is 15.6 Å². The molecule has 0 amide bonds. The molecule has 0 bridgehead atoms. The van der Waals surface area contributed by atoms with Gasteiger partial charge in [-0.05, 0) is 18.2 Å². The zero-order valence-electron chi connectivity index (χ0n) is 11.5. The maximum Gasteiger partial charge on any atom is 0.240 e. The van der Waals surface area contributed by atoms with Crippen molar-refractivity contribution in [2.75, 3.05) is 18.2 Å². The average Bonchev–Trinajstić information content (AvgIpc) is 2.42. The summed E-state index contributed by atoms with van der Waals surface area (Å²) in [6.07, 6.45) is 0. The largest absolute Gasteiger partial charge is 0.396 e. The molecule has 6 nitrogen and oxygen atoms in total. The molecule has 0 radical (unpaired) electrons. The quantitative estimate of drug-likeness (QED) is 0.730. The van der Waals surface area contributed by atoms with Gasteiger partial charge in [0.2, 0.25) is 10.0 Å². The number of benzene rings is 2. The maximum absolute atomic E-state index is 11.5. The van der Waals surface area contributed by atoms with E-state index in [9.17, 15) is 8.42 Å². The summed E-state index contributed by atoms with van der Waals surface area (Å²) in [6, 6.07) is 12.2. The second kappa shape index (κ2) is 6.13. The van der Waals surface area contributed by atoms with Crippen LogP contribution in [-0.2, 0) is 21.4 Å². The molecule has 21 heavy (non-hydrogen) atoms. The smallest absolute Gasteiger partial charge is 0.240 e. The summed E-state index contributed by atoms with van der Waals surface area (Å²) >= 11 is 0. The average molecular weight is 307 g/mol. The summed E-state index contributed by atoms with van der Waals surface area (Å²) in [6.45, 7) is 0.429. The van der Waals surface area contributed by atoms with E-state index in [1.54, 1.807) is 19.2 Å². The fourth-order valence-corrected chi connectivity index (χ4v) is 2.65. The number of sulfonamides is 1. The SMILES string of the molecule is COCc1ccccc1Nc1cccc(S(N)(=O)=O)c1N. The lowest BCUT2D eigenvalue weighted by Gasteiger charge is -2.14. The van der Waals surface area contributed by atoms with Gasteiger partial charge < -0.3 is 15.8 Å². The third-order valence-corrected chi connectivity index (χ3v) is 3.93. The van der Waals surface area contributed by atoms with E-state index in [1.165, 1.54) is 6.07 Å². The first-order valence-corrected chi connectivity index (χ1v) is 7.73. The van der Waals surface area contributed by atoms with Gasteiger partial charge in [0.1, 0.15) is 4.90 Å². The lowest BCUT2D eigenvalue weighted by atomic mass is 10.1. The molecule has 0 aliphatic carbocycles. The Labute approximate surface area is 123 Å². The molecular formula is C14H17N3O3S. The van der Waals surface area contributed by atoms with Crippen molar-refractivity contribution in [3.63, 3.8) is 0 Å². The standard InChI is InChI=1S/C14H17N3O3S/c1-20-9-10-5-2-3-6-11(10)17-12-7-4-8-13(14(12)15)21(16,18)19/h2-8,17H,9,15H2,1H3,(H2,16,18,19). The van der Waals surface area contributed by atoms with Crippen LogP contribution >= 0.6 is 0 Å². The highest BCUT2D eigenvalue weighted by molar-refractivity contribution is 7.89. The van der Waals surface area contributed by atoms with Crippen molar-refractivity contribution in [2.24, 2.45) is 5.14 Å². The third-order valence-electron chi connectivity index (χ3n) is 2.96. The molecule has 0 saturated carbocycles. The van der Waals surface area contributed by atoms with Gasteiger partial charge in [-0.1, -0.05) is 24.3 Å². The number of methoxy groups -OCH3 is 1. The molecular weight excluding hydrogens is 290 g/mol. The Balaban J connectivity index is 2.42. The molecule has 0 aliphatic heterocycles. The van der Waals surface area contributed by atoms with Gasteiger partial charge in [0.15, 0.2) is 0 Å². The molecule has 2 aromatic rings. The molecule has 2 rings (SSSR count). The molecule has 0 aliphatic rings. The fraction of sp³-hybridized carbons (Fsp3) is 0.143. The van der Waals surface area contributed by atoms with Gasteiger partial charge in [0, 0.05) is 18.4 Å². The van der Waals surface area contributed by atoms with Crippen LogP contribution in [-0.4, -0.2) is 15.5 Å². The Bertz CT molecular complexity index is 745. The summed E-state index contributed by atoms with van der Waals surface area (Å²) in [4.78, 5) is -0.100. The first-order valence-electron chi connectivity index (χ1n) is 6.18. The highest BCUT2D eigenvalue weighted by Gasteiger charge is 2.15. The topological polar surface area (TPSA) is 107 Å². The number of primary sulfonamides is 1. The number of hydrogen-bond acceptors (Lipinski definition) is 5. The summed E-state index contributed by atoms with van der Waals surface area (Å²) in [5.41, 5.74) is 8.18. The molecule has 0 unspecified atom stereocenters. The number of anilines is 3. The van der Waals surface area contributed by atoms with E-state index in [-0.39, 0.29) is 10.6 Å². The Morgan fingerprint density at radius 1 is 1.10 bits per heavy atom. The second-order valence-corrected chi connectivity index (χ2v) is 6.01. The van der Waals surface area contributed by atoms with E-state index in [2.05, 4.69) is 5.32 Å². The molecule has 0 aromatic heterocycles. The minimum Gasteiger partial charge on any atom is -0.396 e. The van der Waals surface area contributed by atoms with E-state index in [1.807, 2.05) is 24.3 Å². The molecule has 0 heterocycles. The first-order chi connectivity index (χ1) is 9.93. The van der Waals surface area contributed by atoms with E-state index in [0.29, 0.717) is 12.3 Å². The van der Waals surface area contributed by atoms with Crippen LogP contribution in [0.15, 0.2) is 47.4 Å². The molecule has 0 spiro atoms. The lowest BCUT2D eigenvalue weighted by molar-refractivity contribution is 0.185. The van der Waals surface area contributed by atoms with Crippen LogP contribution in [0.4, 0.5) is 17.1 Å². The van der Waals surface area contributed by atoms with Gasteiger partial charge >= 0.3 is 0 Å². The van der Waals surface area contributed by atoms with Gasteiger partial charge in [0.05, 0.1) is 18.0 Å². The normalized spacial score (nSPS) is 11.3. The summed E-state index contributed by atoms with van der Waals surface area (Å²) < 4.78 is 28.1. The van der Waals surface area contributed by atoms with Gasteiger partial charge in [-0.3, -0.25) is 0 Å². The van der Waals surface area contributed by atoms with Crippen LogP contribution in [0.2, 0.25) is 0 Å². The first kappa shape index (κ1) is 15.3. The molecule has 112 valence electrons. The van der Waals surface area contributed by atoms with Crippen molar-refractivity contribution >= 4 is 27.1 Å². The van der Waals surface area contributed by atoms with Crippen molar-refractivity contribution < 1.29 is 13.2 Å². The van der Waals surface area contributed by atoms with E-state index < -0.39 is 10.0 Å². The predicted octanol–water partition coefficient (Wildman–Crippen LogP) is 1.81. The Morgan fingerprint density at radius 3 is 2.43 bits per heavy atom. The maximum atomic E-state index is 11.5. The van der Waals surface area contributed by atoms with Crippen LogP contribution < -0.4 is 16.2 Å². The van der Waals surface area contributed by atoms with Gasteiger partial charge in [-0.15, -0.1) is 0 Å². The molecule has 7 heteroatoms. The van der Waals surface area contributed by atoms with Crippen molar-refractivity contribution in [3.05, 3.63) is 48.0 Å². The zero-order valence-corrected chi connectivity index (χ0v) is 12.4. The van der Waals surface area contributed by atoms with E-state index in [0.717, 1.165) is 11.3 Å². The number of nitrogen functional groups attached to an aromatic ring is 1. The van der Waals surface area contributed by atoms with E-state index >= 15 is 0 Å². The lowest BCUT2D eigenvalue weighted by Crippen LogP contribution is -2.15. The molecule has 5 N–H and O–H groups in total. The van der Waals surface area contributed by atoms with Crippen molar-refractivity contribution in [1.29, 1.82) is 0 Å². The fourth-order valence-electron chi connectivity index (χ4n) is 1.97.